The molecule has 0 N–H and O–H groups in total. The van der Waals surface area contributed by atoms with Gasteiger partial charge in [-0.15, -0.1) is 0 Å². The maximum atomic E-state index is 12.7. The summed E-state index contributed by atoms with van der Waals surface area (Å²) >= 11 is 0. The monoisotopic (exact) mass is 342 g/mol. The molecule has 0 aromatic heterocycles. The molecule has 7 heteroatoms. The summed E-state index contributed by atoms with van der Waals surface area (Å²) in [6, 6.07) is 18.9. The van der Waals surface area contributed by atoms with E-state index in [1.54, 1.807) is 32.8 Å². The second kappa shape index (κ2) is 4.48. The molecule has 2 aromatic rings. The number of benzene rings is 2. The Morgan fingerprint density at radius 3 is 1.33 bits per heavy atom. The van der Waals surface area contributed by atoms with Gasteiger partial charge in [-0.2, -0.15) is 0 Å². The first-order chi connectivity index (χ1) is 11.4. The van der Waals surface area contributed by atoms with E-state index in [9.17, 15) is 9.59 Å². The van der Waals surface area contributed by atoms with Crippen molar-refractivity contribution in [2.75, 3.05) is 30.1 Å². The summed E-state index contributed by atoms with van der Waals surface area (Å²) < 4.78 is 7.04. The predicted octanol–water partition coefficient (Wildman–Crippen LogP) is 3.97. The molecule has 2 heterocycles. The van der Waals surface area contributed by atoms with Crippen molar-refractivity contribution < 1.29 is 9.59 Å². The third-order valence-electron chi connectivity index (χ3n) is 5.26. The maximum absolute atomic E-state index is 12.7. The molecular formula is C17H19N4O2P. The van der Waals surface area contributed by atoms with Crippen LogP contribution in [-0.2, 0) is 0 Å². The van der Waals surface area contributed by atoms with E-state index in [1.807, 2.05) is 67.3 Å². The number of anilines is 2. The molecule has 1 spiro atoms. The molecule has 2 saturated heterocycles. The van der Waals surface area contributed by atoms with Crippen molar-refractivity contribution in [3.8, 4) is 0 Å². The summed E-state index contributed by atoms with van der Waals surface area (Å²) in [4.78, 5) is 25.4. The predicted molar refractivity (Wildman–Crippen MR) is 97.0 cm³/mol. The Labute approximate surface area is 141 Å². The number of rotatable bonds is 2. The van der Waals surface area contributed by atoms with E-state index in [0.717, 1.165) is 11.4 Å². The molecule has 0 aliphatic carbocycles. The van der Waals surface area contributed by atoms with E-state index in [1.165, 1.54) is 0 Å². The van der Waals surface area contributed by atoms with E-state index in [0.29, 0.717) is 0 Å². The minimum absolute atomic E-state index is 0.0957. The zero-order valence-electron chi connectivity index (χ0n) is 13.8. The Hall–Kier alpha value is -2.59. The molecule has 4 amide bonds. The molecule has 2 aliphatic rings. The zero-order valence-corrected chi connectivity index (χ0v) is 14.7. The third-order valence-corrected chi connectivity index (χ3v) is 11.1. The number of amides is 4. The van der Waals surface area contributed by atoms with Gasteiger partial charge in [0.1, 0.15) is 0 Å². The van der Waals surface area contributed by atoms with Crippen LogP contribution in [0.3, 0.4) is 0 Å². The molecule has 24 heavy (non-hydrogen) atoms. The molecule has 124 valence electrons. The third kappa shape index (κ3) is 1.37. The van der Waals surface area contributed by atoms with Crippen LogP contribution < -0.4 is 9.34 Å². The second-order valence-electron chi connectivity index (χ2n) is 6.24. The number of hydrogen-bond donors (Lipinski definition) is 0. The quantitative estimate of drug-likeness (QED) is 0.775. The number of carbonyl (C=O) groups excluding carboxylic acids is 2. The van der Waals surface area contributed by atoms with Crippen LogP contribution >= 0.6 is 7.21 Å². The Bertz CT molecular complexity index is 773. The molecule has 2 aromatic carbocycles. The van der Waals surface area contributed by atoms with Crippen LogP contribution in [0.1, 0.15) is 0 Å². The van der Waals surface area contributed by atoms with Crippen LogP contribution in [0.15, 0.2) is 60.7 Å². The van der Waals surface area contributed by atoms with Gasteiger partial charge in [-0.3, -0.25) is 0 Å². The number of carbonyl (C=O) groups is 2. The van der Waals surface area contributed by atoms with Gasteiger partial charge in [0.15, 0.2) is 0 Å². The number of urea groups is 2. The Morgan fingerprint density at radius 2 is 1.00 bits per heavy atom. The fourth-order valence-electron chi connectivity index (χ4n) is 3.73. The normalized spacial score (nSPS) is 22.7. The first-order valence-corrected chi connectivity index (χ1v) is 10.2. The van der Waals surface area contributed by atoms with Crippen LogP contribution in [0.2, 0.25) is 0 Å². The van der Waals surface area contributed by atoms with Crippen molar-refractivity contribution in [1.82, 2.24) is 9.34 Å². The average Bonchev–Trinajstić information content (AvgIpc) is 2.63. The summed E-state index contributed by atoms with van der Waals surface area (Å²) in [5.41, 5.74) is 1.61. The standard InChI is InChI=1S/C17H19N4O2P/c1-18-16(22)20(14-10-6-4-7-11-14)24(18,3)19(2)17(23)21(24)15-12-8-5-9-13-15/h4-13H,1-3H3. The van der Waals surface area contributed by atoms with Crippen molar-refractivity contribution in [3.05, 3.63) is 60.7 Å². The molecule has 0 atom stereocenters. The molecule has 0 radical (unpaired) electrons. The summed E-state index contributed by atoms with van der Waals surface area (Å²) in [5, 5.41) is 0. The summed E-state index contributed by atoms with van der Waals surface area (Å²) in [6.07, 6.45) is 0. The Kier molecular flexibility index (Phi) is 2.80. The van der Waals surface area contributed by atoms with Crippen molar-refractivity contribution >= 4 is 30.6 Å². The van der Waals surface area contributed by atoms with Crippen molar-refractivity contribution in [3.63, 3.8) is 0 Å². The van der Waals surface area contributed by atoms with Gasteiger partial charge in [0.2, 0.25) is 0 Å². The van der Waals surface area contributed by atoms with Crippen LogP contribution in [-0.4, -0.2) is 42.2 Å². The number of nitrogens with zero attached hydrogens (tertiary/aromatic N) is 4. The average molecular weight is 342 g/mol. The Morgan fingerprint density at radius 1 is 0.667 bits per heavy atom. The van der Waals surface area contributed by atoms with Crippen LogP contribution in [0.4, 0.5) is 21.0 Å². The van der Waals surface area contributed by atoms with E-state index in [2.05, 4.69) is 0 Å². The van der Waals surface area contributed by atoms with E-state index < -0.39 is 7.21 Å². The summed E-state index contributed by atoms with van der Waals surface area (Å²) in [6.45, 7) is 2.02. The first-order valence-electron chi connectivity index (χ1n) is 7.71. The van der Waals surface area contributed by atoms with E-state index in [4.69, 9.17) is 0 Å². The van der Waals surface area contributed by atoms with Gasteiger partial charge in [-0.25, -0.2) is 0 Å². The second-order valence-corrected chi connectivity index (χ2v) is 10.9. The van der Waals surface area contributed by atoms with Gasteiger partial charge in [-0.05, 0) is 0 Å². The van der Waals surface area contributed by atoms with Crippen LogP contribution in [0.5, 0.6) is 0 Å². The van der Waals surface area contributed by atoms with Crippen LogP contribution in [0.25, 0.3) is 0 Å². The van der Waals surface area contributed by atoms with Crippen molar-refractivity contribution in [1.29, 1.82) is 0 Å². The fourth-order valence-corrected chi connectivity index (χ4v) is 8.53. The summed E-state index contributed by atoms with van der Waals surface area (Å²) in [5.74, 6) is 0. The molecule has 0 saturated carbocycles. The van der Waals surface area contributed by atoms with Crippen LogP contribution in [0, 0.1) is 0 Å². The van der Waals surface area contributed by atoms with Gasteiger partial charge >= 0.3 is 140 Å². The molecule has 6 nitrogen and oxygen atoms in total. The molecular weight excluding hydrogens is 323 g/mol. The SMILES string of the molecule is CN1C(=O)N(c2ccccc2)P12(C)N(C)C(=O)N2c1ccccc1. The van der Waals surface area contributed by atoms with E-state index in [-0.39, 0.29) is 12.1 Å². The molecule has 0 unspecified atom stereocenters. The number of para-hydroxylation sites is 2. The molecule has 2 fully saturated rings. The zero-order chi connectivity index (χ0) is 17.1. The van der Waals surface area contributed by atoms with Gasteiger partial charge in [0, 0.05) is 0 Å². The topological polar surface area (TPSA) is 47.1 Å². The minimum atomic E-state index is -3.23. The molecule has 2 aliphatic heterocycles. The Balaban J connectivity index is 1.92. The van der Waals surface area contributed by atoms with Gasteiger partial charge in [0.05, 0.1) is 0 Å². The molecule has 4 rings (SSSR count). The first kappa shape index (κ1) is 15.0. The molecule has 0 bridgehead atoms. The fraction of sp³-hybridized carbons (Fsp3) is 0.176. The van der Waals surface area contributed by atoms with Gasteiger partial charge in [0.25, 0.3) is 0 Å². The number of hydrogen-bond acceptors (Lipinski definition) is 2. The van der Waals surface area contributed by atoms with E-state index >= 15 is 0 Å². The van der Waals surface area contributed by atoms with Gasteiger partial charge < -0.3 is 0 Å². The van der Waals surface area contributed by atoms with Gasteiger partial charge in [-0.1, -0.05) is 0 Å². The van der Waals surface area contributed by atoms with Crippen molar-refractivity contribution in [2.45, 2.75) is 0 Å². The van der Waals surface area contributed by atoms with Crippen molar-refractivity contribution in [2.24, 2.45) is 0 Å². The summed E-state index contributed by atoms with van der Waals surface area (Å²) in [7, 11) is 0.321.